The molecule has 0 spiro atoms. The number of hydrogen-bond acceptors (Lipinski definition) is 6. The fourth-order valence-corrected chi connectivity index (χ4v) is 5.45. The molecular weight excluding hydrogens is 475 g/mol. The minimum atomic E-state index is -0.665. The molecule has 3 atom stereocenters. The van der Waals surface area contributed by atoms with Crippen molar-refractivity contribution >= 4 is 34.6 Å². The van der Waals surface area contributed by atoms with Crippen molar-refractivity contribution in [1.29, 1.82) is 0 Å². The summed E-state index contributed by atoms with van der Waals surface area (Å²) in [5.41, 5.74) is 1.34. The smallest absolute Gasteiger partial charge is 0.268 e. The molecule has 1 aromatic carbocycles. The number of fused-ring (bicyclic) bond motifs is 1. The van der Waals surface area contributed by atoms with Crippen molar-refractivity contribution in [2.75, 3.05) is 6.54 Å². The van der Waals surface area contributed by atoms with Crippen LogP contribution in [0.3, 0.4) is 0 Å². The van der Waals surface area contributed by atoms with Crippen LogP contribution in [0.4, 0.5) is 4.39 Å². The SMILES string of the molecule is O=C=C[C@H](C[C@@H]1CCNC1=C=O)NC(=C=O)[C@H](CC1CCCCC1)NC(=O)c1cc2ccc(F)cc2[nH]1. The van der Waals surface area contributed by atoms with Crippen molar-refractivity contribution in [3.05, 3.63) is 53.2 Å². The van der Waals surface area contributed by atoms with Crippen molar-refractivity contribution in [2.45, 2.75) is 63.5 Å². The third kappa shape index (κ3) is 6.66. The van der Waals surface area contributed by atoms with E-state index < -0.39 is 23.8 Å². The van der Waals surface area contributed by atoms with Crippen molar-refractivity contribution < 1.29 is 23.6 Å². The Morgan fingerprint density at radius 2 is 1.89 bits per heavy atom. The molecule has 0 bridgehead atoms. The highest BCUT2D eigenvalue weighted by Crippen LogP contribution is 2.29. The van der Waals surface area contributed by atoms with Gasteiger partial charge in [-0.15, -0.1) is 0 Å². The first kappa shape index (κ1) is 26.2. The highest BCUT2D eigenvalue weighted by atomic mass is 19.1. The molecule has 4 rings (SSSR count). The number of amides is 1. The van der Waals surface area contributed by atoms with Crippen LogP contribution < -0.4 is 16.0 Å². The Bertz CT molecular complexity index is 1280. The van der Waals surface area contributed by atoms with Gasteiger partial charge in [0.15, 0.2) is 0 Å². The van der Waals surface area contributed by atoms with Gasteiger partial charge in [-0.1, -0.05) is 32.1 Å². The number of carbonyl (C=O) groups excluding carboxylic acids is 4. The Labute approximate surface area is 214 Å². The summed E-state index contributed by atoms with van der Waals surface area (Å²) in [6, 6.07) is 4.63. The summed E-state index contributed by atoms with van der Waals surface area (Å²) in [5, 5.41) is 9.72. The number of nitrogens with one attached hydrogen (secondary N) is 4. The van der Waals surface area contributed by atoms with E-state index in [0.717, 1.165) is 25.7 Å². The Hall–Kier alpha value is -3.89. The van der Waals surface area contributed by atoms with Crippen LogP contribution in [-0.2, 0) is 14.4 Å². The zero-order valence-corrected chi connectivity index (χ0v) is 20.6. The molecule has 2 aromatic rings. The number of allylic oxidation sites excluding steroid dienone is 1. The number of benzene rings is 1. The third-order valence-electron chi connectivity index (χ3n) is 7.36. The molecule has 8 nitrogen and oxygen atoms in total. The van der Waals surface area contributed by atoms with E-state index in [4.69, 9.17) is 0 Å². The molecule has 0 unspecified atom stereocenters. The number of carbonyl (C=O) groups is 1. The maximum atomic E-state index is 13.6. The Morgan fingerprint density at radius 3 is 2.62 bits per heavy atom. The Balaban J connectivity index is 1.54. The second-order valence-electron chi connectivity index (χ2n) is 9.90. The minimum absolute atomic E-state index is 0.134. The van der Waals surface area contributed by atoms with Crippen molar-refractivity contribution in [3.8, 4) is 0 Å². The third-order valence-corrected chi connectivity index (χ3v) is 7.36. The summed E-state index contributed by atoms with van der Waals surface area (Å²) in [6.45, 7) is 0.637. The largest absolute Gasteiger partial charge is 0.379 e. The van der Waals surface area contributed by atoms with Gasteiger partial charge in [0, 0.05) is 29.4 Å². The highest BCUT2D eigenvalue weighted by molar-refractivity contribution is 5.98. The second-order valence-corrected chi connectivity index (χ2v) is 9.90. The van der Waals surface area contributed by atoms with Crippen LogP contribution in [-0.4, -0.2) is 47.3 Å². The highest BCUT2D eigenvalue weighted by Gasteiger charge is 2.29. The average molecular weight is 507 g/mol. The standard InChI is InChI=1S/C28H31FN4O4/c29-21-7-6-19-14-25(32-23(19)15-21)28(37)33-24(12-18-4-2-1-3-5-18)27(17-36)31-22(9-11-34)13-20-8-10-30-26(20)16-35/h6-7,9,14-15,18,20,22,24,30-32H,1-5,8,10,12-13H2,(H,33,37)/t20-,22+,24-/m0/s1. The van der Waals surface area contributed by atoms with Gasteiger partial charge in [-0.2, -0.15) is 0 Å². The molecule has 1 amide bonds. The molecule has 1 saturated heterocycles. The van der Waals surface area contributed by atoms with Crippen LogP contribution in [0.15, 0.2) is 41.7 Å². The van der Waals surface area contributed by atoms with Gasteiger partial charge >= 0.3 is 0 Å². The van der Waals surface area contributed by atoms with Gasteiger partial charge in [-0.3, -0.25) is 4.79 Å². The van der Waals surface area contributed by atoms with E-state index >= 15 is 0 Å². The average Bonchev–Trinajstić information content (AvgIpc) is 3.53. The van der Waals surface area contributed by atoms with Gasteiger partial charge in [0.1, 0.15) is 35.0 Å². The van der Waals surface area contributed by atoms with Gasteiger partial charge in [0.25, 0.3) is 5.91 Å². The van der Waals surface area contributed by atoms with Gasteiger partial charge in [-0.25, -0.2) is 18.8 Å². The number of halogens is 1. The lowest BCUT2D eigenvalue weighted by Crippen LogP contribution is -2.44. The normalized spacial score (nSPS) is 19.2. The van der Waals surface area contributed by atoms with E-state index in [-0.39, 0.29) is 17.3 Å². The van der Waals surface area contributed by atoms with Crippen LogP contribution in [0, 0.1) is 17.7 Å². The maximum absolute atomic E-state index is 13.6. The van der Waals surface area contributed by atoms with E-state index in [1.165, 1.54) is 24.6 Å². The summed E-state index contributed by atoms with van der Waals surface area (Å²) in [4.78, 5) is 50.8. The quantitative estimate of drug-likeness (QED) is 0.368. The first-order valence-corrected chi connectivity index (χ1v) is 12.8. The fraction of sp³-hybridized carbons (Fsp3) is 0.464. The summed E-state index contributed by atoms with van der Waals surface area (Å²) in [6.07, 6.45) is 8.28. The lowest BCUT2D eigenvalue weighted by molar-refractivity contribution is 0.0930. The monoisotopic (exact) mass is 506 g/mol. The molecule has 1 aliphatic heterocycles. The first-order chi connectivity index (χ1) is 18.0. The van der Waals surface area contributed by atoms with Gasteiger partial charge in [0.2, 0.25) is 0 Å². The van der Waals surface area contributed by atoms with Crippen molar-refractivity contribution in [1.82, 2.24) is 20.9 Å². The predicted molar refractivity (Wildman–Crippen MR) is 137 cm³/mol. The van der Waals surface area contributed by atoms with E-state index in [2.05, 4.69) is 20.9 Å². The topological polar surface area (TPSA) is 120 Å². The molecule has 2 heterocycles. The zero-order valence-electron chi connectivity index (χ0n) is 20.6. The van der Waals surface area contributed by atoms with Crippen LogP contribution >= 0.6 is 0 Å². The summed E-state index contributed by atoms with van der Waals surface area (Å²) in [5.74, 6) is 4.99. The second kappa shape index (κ2) is 12.4. The fourth-order valence-electron chi connectivity index (χ4n) is 5.45. The van der Waals surface area contributed by atoms with Gasteiger partial charge < -0.3 is 20.9 Å². The molecule has 4 N–H and O–H groups in total. The molecule has 1 aliphatic carbocycles. The number of aromatic nitrogens is 1. The molecule has 2 fully saturated rings. The molecular formula is C28H31FN4O4. The molecule has 9 heteroatoms. The van der Waals surface area contributed by atoms with Gasteiger partial charge in [0.05, 0.1) is 17.8 Å². The van der Waals surface area contributed by atoms with Crippen LogP contribution in [0.5, 0.6) is 0 Å². The minimum Gasteiger partial charge on any atom is -0.379 e. The van der Waals surface area contributed by atoms with Gasteiger partial charge in [-0.05, 0) is 49.4 Å². The summed E-state index contributed by atoms with van der Waals surface area (Å²) >= 11 is 0. The Kier molecular flexibility index (Phi) is 8.76. The molecule has 2 aliphatic rings. The van der Waals surface area contributed by atoms with E-state index in [1.807, 2.05) is 11.9 Å². The lowest BCUT2D eigenvalue weighted by Gasteiger charge is -2.29. The van der Waals surface area contributed by atoms with Crippen LogP contribution in [0.25, 0.3) is 10.9 Å². The summed E-state index contributed by atoms with van der Waals surface area (Å²) < 4.78 is 13.6. The summed E-state index contributed by atoms with van der Waals surface area (Å²) in [7, 11) is 0. The molecule has 1 saturated carbocycles. The van der Waals surface area contributed by atoms with E-state index in [9.17, 15) is 23.6 Å². The Morgan fingerprint density at radius 1 is 1.08 bits per heavy atom. The van der Waals surface area contributed by atoms with Crippen molar-refractivity contribution in [2.24, 2.45) is 11.8 Å². The number of hydrogen-bond donors (Lipinski definition) is 4. The number of H-pyrrole nitrogens is 1. The molecule has 194 valence electrons. The predicted octanol–water partition coefficient (Wildman–Crippen LogP) is 3.15. The van der Waals surface area contributed by atoms with E-state index in [1.54, 1.807) is 18.1 Å². The molecule has 0 radical (unpaired) electrons. The lowest BCUT2D eigenvalue weighted by atomic mass is 9.84. The van der Waals surface area contributed by atoms with E-state index in [0.29, 0.717) is 48.3 Å². The van der Waals surface area contributed by atoms with Crippen LogP contribution in [0.1, 0.15) is 61.9 Å². The zero-order chi connectivity index (χ0) is 26.2. The number of rotatable bonds is 10. The first-order valence-electron chi connectivity index (χ1n) is 12.8. The molecule has 37 heavy (non-hydrogen) atoms. The van der Waals surface area contributed by atoms with Crippen molar-refractivity contribution in [3.63, 3.8) is 0 Å². The maximum Gasteiger partial charge on any atom is 0.268 e. The molecule has 1 aromatic heterocycles. The van der Waals surface area contributed by atoms with Crippen LogP contribution in [0.2, 0.25) is 0 Å². The number of aromatic amines is 1.